The Balaban J connectivity index is 1.93. The summed E-state index contributed by atoms with van der Waals surface area (Å²) in [5.74, 6) is -0.562. The van der Waals surface area contributed by atoms with Crippen molar-refractivity contribution < 1.29 is 14.5 Å². The second kappa shape index (κ2) is 9.13. The minimum absolute atomic E-state index is 0.0398. The third-order valence-electron chi connectivity index (χ3n) is 5.12. The maximum atomic E-state index is 13.5. The summed E-state index contributed by atoms with van der Waals surface area (Å²) in [7, 11) is 0. The van der Waals surface area contributed by atoms with E-state index in [2.05, 4.69) is 4.99 Å². The number of fused-ring (bicyclic) bond motifs is 1. The summed E-state index contributed by atoms with van der Waals surface area (Å²) < 4.78 is 7.08. The normalized spacial score (nSPS) is 15.7. The Labute approximate surface area is 196 Å². The molecular weight excluding hydrogens is 466 g/mol. The van der Waals surface area contributed by atoms with Crippen LogP contribution in [0.4, 0.5) is 5.69 Å². The second-order valence-corrected chi connectivity index (χ2v) is 8.59. The summed E-state index contributed by atoms with van der Waals surface area (Å²) >= 11 is 7.64. The molecule has 0 saturated carbocycles. The number of aromatic nitrogens is 1. The van der Waals surface area contributed by atoms with Gasteiger partial charge in [0.2, 0.25) is 0 Å². The number of allylic oxidation sites excluding steroid dienone is 1. The highest BCUT2D eigenvalue weighted by Gasteiger charge is 2.34. The number of thiazole rings is 1. The highest BCUT2D eigenvalue weighted by molar-refractivity contribution is 7.07. The van der Waals surface area contributed by atoms with Crippen molar-refractivity contribution in [3.05, 3.63) is 106 Å². The quantitative estimate of drug-likeness (QED) is 0.314. The van der Waals surface area contributed by atoms with Crippen LogP contribution < -0.4 is 14.9 Å². The molecule has 1 aliphatic heterocycles. The monoisotopic (exact) mass is 483 g/mol. The van der Waals surface area contributed by atoms with Crippen LogP contribution in [0.25, 0.3) is 6.08 Å². The zero-order valence-corrected chi connectivity index (χ0v) is 19.2. The minimum atomic E-state index is -0.798. The van der Waals surface area contributed by atoms with Gasteiger partial charge in [0.1, 0.15) is 6.04 Å². The molecule has 0 amide bonds. The largest absolute Gasteiger partial charge is 0.463 e. The third-order valence-corrected chi connectivity index (χ3v) is 6.45. The number of nitrogens with zero attached hydrogens (tertiary/aromatic N) is 3. The lowest BCUT2D eigenvalue weighted by Crippen LogP contribution is -2.40. The molecular formula is C23H18ClN3O5S. The van der Waals surface area contributed by atoms with E-state index in [0.717, 1.165) is 0 Å². The van der Waals surface area contributed by atoms with Gasteiger partial charge in [-0.25, -0.2) is 9.79 Å². The summed E-state index contributed by atoms with van der Waals surface area (Å²) in [4.78, 5) is 41.7. The fraction of sp³-hybridized carbons (Fsp3) is 0.174. The van der Waals surface area contributed by atoms with E-state index in [0.29, 0.717) is 31.2 Å². The van der Waals surface area contributed by atoms with Gasteiger partial charge in [0.25, 0.3) is 11.2 Å². The zero-order valence-electron chi connectivity index (χ0n) is 17.6. The van der Waals surface area contributed by atoms with Crippen molar-refractivity contribution in [2.45, 2.75) is 19.9 Å². The highest BCUT2D eigenvalue weighted by Crippen LogP contribution is 2.34. The average Bonchev–Trinajstić information content (AvgIpc) is 3.08. The van der Waals surface area contributed by atoms with Crippen molar-refractivity contribution in [3.8, 4) is 0 Å². The molecule has 0 spiro atoms. The van der Waals surface area contributed by atoms with Crippen LogP contribution in [0.3, 0.4) is 0 Å². The van der Waals surface area contributed by atoms with Crippen molar-refractivity contribution in [1.82, 2.24) is 4.57 Å². The number of ether oxygens (including phenoxy) is 1. The number of nitro groups is 1. The van der Waals surface area contributed by atoms with Crippen LogP contribution in [0, 0.1) is 10.1 Å². The Bertz CT molecular complexity index is 1470. The van der Waals surface area contributed by atoms with Crippen LogP contribution in [-0.4, -0.2) is 22.1 Å². The van der Waals surface area contributed by atoms with E-state index in [9.17, 15) is 19.7 Å². The number of carbonyl (C=O) groups is 1. The third kappa shape index (κ3) is 4.24. The van der Waals surface area contributed by atoms with E-state index >= 15 is 0 Å². The molecule has 0 bridgehead atoms. The summed E-state index contributed by atoms with van der Waals surface area (Å²) in [6.07, 6.45) is 1.64. The molecule has 1 aromatic heterocycles. The molecule has 2 aromatic carbocycles. The Hall–Kier alpha value is -3.56. The first-order chi connectivity index (χ1) is 15.8. The van der Waals surface area contributed by atoms with Gasteiger partial charge < -0.3 is 4.74 Å². The molecule has 10 heteroatoms. The Morgan fingerprint density at radius 1 is 1.27 bits per heavy atom. The van der Waals surface area contributed by atoms with E-state index in [4.69, 9.17) is 16.3 Å². The van der Waals surface area contributed by atoms with Crippen LogP contribution >= 0.6 is 22.9 Å². The summed E-state index contributed by atoms with van der Waals surface area (Å²) in [5, 5.41) is 11.3. The van der Waals surface area contributed by atoms with Gasteiger partial charge in [0.05, 0.1) is 27.3 Å². The molecule has 1 aliphatic rings. The molecule has 0 saturated heterocycles. The number of non-ortho nitro benzene ring substituents is 1. The van der Waals surface area contributed by atoms with Gasteiger partial charge in [-0.05, 0) is 49.2 Å². The van der Waals surface area contributed by atoms with Gasteiger partial charge >= 0.3 is 5.97 Å². The molecule has 0 fully saturated rings. The van der Waals surface area contributed by atoms with E-state index < -0.39 is 16.9 Å². The maximum absolute atomic E-state index is 13.5. The molecule has 0 unspecified atom stereocenters. The van der Waals surface area contributed by atoms with Crippen LogP contribution in [0.1, 0.15) is 31.0 Å². The summed E-state index contributed by atoms with van der Waals surface area (Å²) in [6.45, 7) is 3.58. The van der Waals surface area contributed by atoms with Gasteiger partial charge in [0, 0.05) is 17.2 Å². The van der Waals surface area contributed by atoms with E-state index in [-0.39, 0.29) is 23.4 Å². The molecule has 33 heavy (non-hydrogen) atoms. The molecule has 4 rings (SSSR count). The van der Waals surface area contributed by atoms with Crippen LogP contribution in [-0.2, 0) is 9.53 Å². The van der Waals surface area contributed by atoms with Crippen molar-refractivity contribution in [2.24, 2.45) is 4.99 Å². The van der Waals surface area contributed by atoms with Crippen LogP contribution in [0.15, 0.2) is 69.6 Å². The first-order valence-electron chi connectivity index (χ1n) is 10.0. The number of carbonyl (C=O) groups excluding carboxylic acids is 1. The number of nitro benzene ring substituents is 1. The second-order valence-electron chi connectivity index (χ2n) is 7.17. The molecule has 168 valence electrons. The molecule has 0 aliphatic carbocycles. The SMILES string of the molecule is CCOC(=O)C1=C(C)N=c2sc(=Cc3ccc([N+](=O)[O-])cc3)c(=O)n2[C@@H]1c1ccccc1Cl. The molecule has 2 heterocycles. The summed E-state index contributed by atoms with van der Waals surface area (Å²) in [5.41, 5.74) is 1.51. The van der Waals surface area contributed by atoms with Crippen molar-refractivity contribution in [2.75, 3.05) is 6.61 Å². The number of hydrogen-bond acceptors (Lipinski definition) is 7. The Kier molecular flexibility index (Phi) is 6.26. The van der Waals surface area contributed by atoms with E-state index in [1.165, 1.54) is 28.0 Å². The number of halogens is 1. The Morgan fingerprint density at radius 3 is 2.61 bits per heavy atom. The predicted octanol–water partition coefficient (Wildman–Crippen LogP) is 3.36. The topological polar surface area (TPSA) is 104 Å². The number of esters is 1. The van der Waals surface area contributed by atoms with Crippen molar-refractivity contribution in [1.29, 1.82) is 0 Å². The van der Waals surface area contributed by atoms with E-state index in [1.54, 1.807) is 56.3 Å². The maximum Gasteiger partial charge on any atom is 0.338 e. The fourth-order valence-electron chi connectivity index (χ4n) is 3.63. The minimum Gasteiger partial charge on any atom is -0.463 e. The first kappa shape index (κ1) is 22.6. The van der Waals surface area contributed by atoms with Gasteiger partial charge in [-0.15, -0.1) is 0 Å². The Morgan fingerprint density at radius 2 is 1.97 bits per heavy atom. The number of benzene rings is 2. The van der Waals surface area contributed by atoms with E-state index in [1.807, 2.05) is 0 Å². The molecule has 0 radical (unpaired) electrons. The molecule has 3 aromatic rings. The summed E-state index contributed by atoms with van der Waals surface area (Å²) in [6, 6.07) is 12.1. The lowest BCUT2D eigenvalue weighted by Gasteiger charge is -2.25. The lowest BCUT2D eigenvalue weighted by molar-refractivity contribution is -0.384. The van der Waals surface area contributed by atoms with Crippen molar-refractivity contribution in [3.63, 3.8) is 0 Å². The van der Waals surface area contributed by atoms with Gasteiger partial charge in [-0.1, -0.05) is 41.1 Å². The lowest BCUT2D eigenvalue weighted by atomic mass is 9.96. The fourth-order valence-corrected chi connectivity index (χ4v) is 4.91. The number of rotatable bonds is 5. The van der Waals surface area contributed by atoms with Gasteiger partial charge in [0.15, 0.2) is 4.80 Å². The van der Waals surface area contributed by atoms with Crippen LogP contribution in [0.5, 0.6) is 0 Å². The first-order valence-corrected chi connectivity index (χ1v) is 11.2. The highest BCUT2D eigenvalue weighted by atomic mass is 35.5. The average molecular weight is 484 g/mol. The number of hydrogen-bond donors (Lipinski definition) is 0. The predicted molar refractivity (Wildman–Crippen MR) is 125 cm³/mol. The molecule has 8 nitrogen and oxygen atoms in total. The molecule has 1 atom stereocenters. The standard InChI is InChI=1S/C23H18ClN3O5S/c1-3-32-22(29)19-13(2)25-23-26(20(19)16-6-4-5-7-17(16)24)21(28)18(33-23)12-14-8-10-15(11-9-14)27(30)31/h4-12,20H,3H2,1-2H3/t20-/m1/s1. The smallest absolute Gasteiger partial charge is 0.338 e. The van der Waals surface area contributed by atoms with Crippen molar-refractivity contribution >= 4 is 40.7 Å². The van der Waals surface area contributed by atoms with Gasteiger partial charge in [-0.2, -0.15) is 0 Å². The molecule has 0 N–H and O–H groups in total. The zero-order chi connectivity index (χ0) is 23.7. The van der Waals surface area contributed by atoms with Gasteiger partial charge in [-0.3, -0.25) is 19.5 Å². The van der Waals surface area contributed by atoms with Crippen LogP contribution in [0.2, 0.25) is 5.02 Å².